The quantitative estimate of drug-likeness (QED) is 0.897. The van der Waals surface area contributed by atoms with Gasteiger partial charge in [0.05, 0.1) is 27.4 Å². The Morgan fingerprint density at radius 1 is 1.33 bits per heavy atom. The Balaban J connectivity index is 2.43. The van der Waals surface area contributed by atoms with Gasteiger partial charge in [-0.25, -0.2) is 17.6 Å². The first-order chi connectivity index (χ1) is 9.81. The molecule has 0 amide bonds. The molecular formula is C12H8ClFN2O4S. The van der Waals surface area contributed by atoms with E-state index in [9.17, 15) is 17.6 Å². The zero-order chi connectivity index (χ0) is 15.6. The Morgan fingerprint density at radius 2 is 2.05 bits per heavy atom. The summed E-state index contributed by atoms with van der Waals surface area (Å²) in [6.07, 6.45) is 2.57. The van der Waals surface area contributed by atoms with Crippen molar-refractivity contribution in [3.63, 3.8) is 0 Å². The van der Waals surface area contributed by atoms with Gasteiger partial charge in [-0.15, -0.1) is 0 Å². The van der Waals surface area contributed by atoms with Crippen LogP contribution in [0.5, 0.6) is 0 Å². The summed E-state index contributed by atoms with van der Waals surface area (Å²) in [6.45, 7) is 0. The maximum Gasteiger partial charge on any atom is 0.338 e. The van der Waals surface area contributed by atoms with Crippen LogP contribution in [0.25, 0.3) is 0 Å². The number of benzene rings is 1. The number of aromatic carboxylic acids is 1. The van der Waals surface area contributed by atoms with E-state index in [0.29, 0.717) is 0 Å². The molecule has 0 aliphatic rings. The normalized spacial score (nSPS) is 11.1. The van der Waals surface area contributed by atoms with E-state index in [1.165, 1.54) is 18.5 Å². The molecule has 1 aromatic carbocycles. The van der Waals surface area contributed by atoms with Gasteiger partial charge in [0.25, 0.3) is 10.0 Å². The number of pyridine rings is 1. The molecule has 0 saturated carbocycles. The van der Waals surface area contributed by atoms with Gasteiger partial charge in [-0.3, -0.25) is 9.71 Å². The highest BCUT2D eigenvalue weighted by molar-refractivity contribution is 7.92. The predicted octanol–water partition coefficient (Wildman–Crippen LogP) is 2.37. The average Bonchev–Trinajstić information content (AvgIpc) is 2.41. The van der Waals surface area contributed by atoms with Crippen molar-refractivity contribution in [2.24, 2.45) is 0 Å². The fourth-order valence-electron chi connectivity index (χ4n) is 1.49. The number of carboxylic acid groups (broad SMARTS) is 1. The first-order valence-corrected chi connectivity index (χ1v) is 7.32. The van der Waals surface area contributed by atoms with Gasteiger partial charge in [-0.05, 0) is 24.3 Å². The molecule has 0 atom stereocenters. The van der Waals surface area contributed by atoms with E-state index in [2.05, 4.69) is 9.71 Å². The van der Waals surface area contributed by atoms with Gasteiger partial charge < -0.3 is 5.11 Å². The van der Waals surface area contributed by atoms with Crippen LogP contribution < -0.4 is 4.72 Å². The third kappa shape index (κ3) is 3.29. The topological polar surface area (TPSA) is 96.4 Å². The van der Waals surface area contributed by atoms with Gasteiger partial charge in [0.2, 0.25) is 0 Å². The maximum absolute atomic E-state index is 13.3. The summed E-state index contributed by atoms with van der Waals surface area (Å²) in [5.74, 6) is -2.59. The Labute approximate surface area is 124 Å². The second-order valence-corrected chi connectivity index (χ2v) is 6.00. The van der Waals surface area contributed by atoms with Crippen molar-refractivity contribution in [3.8, 4) is 0 Å². The molecule has 2 N–H and O–H groups in total. The van der Waals surface area contributed by atoms with Crippen molar-refractivity contribution in [3.05, 3.63) is 53.1 Å². The zero-order valence-corrected chi connectivity index (χ0v) is 11.8. The van der Waals surface area contributed by atoms with Crippen LogP contribution in [0, 0.1) is 5.82 Å². The number of halogens is 2. The second kappa shape index (κ2) is 5.66. The van der Waals surface area contributed by atoms with Crippen LogP contribution in [0.2, 0.25) is 5.02 Å². The Kier molecular flexibility index (Phi) is 4.10. The van der Waals surface area contributed by atoms with E-state index in [-0.39, 0.29) is 10.7 Å². The van der Waals surface area contributed by atoms with Gasteiger partial charge in [0.1, 0.15) is 5.82 Å². The van der Waals surface area contributed by atoms with Crippen molar-refractivity contribution in [2.45, 2.75) is 4.90 Å². The third-order valence-electron chi connectivity index (χ3n) is 2.49. The highest BCUT2D eigenvalue weighted by Crippen LogP contribution is 2.23. The molecule has 9 heteroatoms. The van der Waals surface area contributed by atoms with Gasteiger partial charge >= 0.3 is 5.97 Å². The molecule has 1 aromatic heterocycles. The fraction of sp³-hybridized carbons (Fsp3) is 0. The number of hydrogen-bond acceptors (Lipinski definition) is 4. The number of carbonyl (C=O) groups is 1. The summed E-state index contributed by atoms with van der Waals surface area (Å²) in [4.78, 5) is 14.1. The molecule has 0 radical (unpaired) electrons. The molecule has 0 fully saturated rings. The molecule has 2 rings (SSSR count). The van der Waals surface area contributed by atoms with Crippen LogP contribution in [0.3, 0.4) is 0 Å². The van der Waals surface area contributed by atoms with Gasteiger partial charge in [0.15, 0.2) is 0 Å². The molecule has 0 saturated heterocycles. The summed E-state index contributed by atoms with van der Waals surface area (Å²) in [7, 11) is -4.11. The van der Waals surface area contributed by atoms with Crippen molar-refractivity contribution in [1.82, 2.24) is 4.98 Å². The largest absolute Gasteiger partial charge is 0.478 e. The predicted molar refractivity (Wildman–Crippen MR) is 73.4 cm³/mol. The van der Waals surface area contributed by atoms with Crippen molar-refractivity contribution in [1.29, 1.82) is 0 Å². The second-order valence-electron chi connectivity index (χ2n) is 3.91. The van der Waals surface area contributed by atoms with E-state index >= 15 is 0 Å². The number of sulfonamides is 1. The lowest BCUT2D eigenvalue weighted by Gasteiger charge is -2.09. The van der Waals surface area contributed by atoms with Crippen LogP contribution in [0.4, 0.5) is 10.1 Å². The number of hydrogen-bond donors (Lipinski definition) is 2. The molecule has 0 bridgehead atoms. The summed E-state index contributed by atoms with van der Waals surface area (Å²) < 4.78 is 39.7. The lowest BCUT2D eigenvalue weighted by atomic mass is 10.2. The van der Waals surface area contributed by atoms with Gasteiger partial charge in [-0.2, -0.15) is 0 Å². The van der Waals surface area contributed by atoms with Crippen LogP contribution >= 0.6 is 11.6 Å². The molecular weight excluding hydrogens is 323 g/mol. The smallest absolute Gasteiger partial charge is 0.338 e. The molecule has 1 heterocycles. The lowest BCUT2D eigenvalue weighted by molar-refractivity contribution is 0.0691. The number of nitrogens with one attached hydrogen (secondary N) is 1. The molecule has 6 nitrogen and oxygen atoms in total. The number of anilines is 1. The Morgan fingerprint density at radius 3 is 2.67 bits per heavy atom. The van der Waals surface area contributed by atoms with E-state index in [1.807, 2.05) is 0 Å². The van der Waals surface area contributed by atoms with E-state index < -0.39 is 32.3 Å². The maximum atomic E-state index is 13.3. The molecule has 110 valence electrons. The van der Waals surface area contributed by atoms with Crippen molar-refractivity contribution < 1.29 is 22.7 Å². The molecule has 0 spiro atoms. The van der Waals surface area contributed by atoms with Crippen LogP contribution in [0.15, 0.2) is 41.6 Å². The highest BCUT2D eigenvalue weighted by atomic mass is 35.5. The SMILES string of the molecule is O=C(O)c1cc(S(=O)(=O)Nc2cnccc2Cl)ccc1F. The first-order valence-electron chi connectivity index (χ1n) is 5.46. The Hall–Kier alpha value is -2.19. The van der Waals surface area contributed by atoms with E-state index in [0.717, 1.165) is 18.2 Å². The first kappa shape index (κ1) is 15.2. The lowest BCUT2D eigenvalue weighted by Crippen LogP contribution is -2.14. The molecule has 0 unspecified atom stereocenters. The number of nitrogens with zero attached hydrogens (tertiary/aromatic N) is 1. The number of aromatic nitrogens is 1. The molecule has 0 aliphatic carbocycles. The van der Waals surface area contributed by atoms with Crippen LogP contribution in [-0.4, -0.2) is 24.5 Å². The Bertz CT molecular complexity index is 811. The average molecular weight is 331 g/mol. The monoisotopic (exact) mass is 330 g/mol. The van der Waals surface area contributed by atoms with Crippen molar-refractivity contribution in [2.75, 3.05) is 4.72 Å². The van der Waals surface area contributed by atoms with Gasteiger partial charge in [0, 0.05) is 6.20 Å². The standard InChI is InChI=1S/C12H8ClFN2O4S/c13-9-3-4-15-6-11(9)16-21(19,20)7-1-2-10(14)8(5-7)12(17)18/h1-6,16H,(H,17,18). The minimum Gasteiger partial charge on any atom is -0.478 e. The summed E-state index contributed by atoms with van der Waals surface area (Å²) >= 11 is 5.80. The minimum atomic E-state index is -4.11. The molecule has 2 aromatic rings. The minimum absolute atomic E-state index is 0.0281. The van der Waals surface area contributed by atoms with E-state index in [1.54, 1.807) is 0 Å². The van der Waals surface area contributed by atoms with Crippen molar-refractivity contribution >= 4 is 33.3 Å². The summed E-state index contributed by atoms with van der Waals surface area (Å²) in [5, 5.41) is 8.92. The number of rotatable bonds is 4. The van der Waals surface area contributed by atoms with Crippen LogP contribution in [-0.2, 0) is 10.0 Å². The molecule has 0 aliphatic heterocycles. The van der Waals surface area contributed by atoms with E-state index in [4.69, 9.17) is 16.7 Å². The third-order valence-corrected chi connectivity index (χ3v) is 4.18. The van der Waals surface area contributed by atoms with Crippen LogP contribution in [0.1, 0.15) is 10.4 Å². The molecule has 21 heavy (non-hydrogen) atoms. The highest BCUT2D eigenvalue weighted by Gasteiger charge is 2.20. The summed E-state index contributed by atoms with van der Waals surface area (Å²) in [5.41, 5.74) is -0.712. The zero-order valence-electron chi connectivity index (χ0n) is 10.2. The fourth-order valence-corrected chi connectivity index (χ4v) is 2.79. The van der Waals surface area contributed by atoms with Gasteiger partial charge in [-0.1, -0.05) is 11.6 Å². The number of carboxylic acids is 1. The summed E-state index contributed by atoms with van der Waals surface area (Å²) in [6, 6.07) is 3.83.